The van der Waals surface area contributed by atoms with Gasteiger partial charge in [-0.2, -0.15) is 0 Å². The lowest BCUT2D eigenvalue weighted by Gasteiger charge is -2.60. The van der Waals surface area contributed by atoms with Crippen LogP contribution in [0.1, 0.15) is 53.4 Å². The highest BCUT2D eigenvalue weighted by Crippen LogP contribution is 2.60. The first-order chi connectivity index (χ1) is 12.4. The Balaban J connectivity index is 1.59. The monoisotopic (exact) mass is 370 g/mol. The largest absolute Gasteiger partial charge is 0.464 e. The lowest BCUT2D eigenvalue weighted by atomic mass is 9.58. The van der Waals surface area contributed by atoms with Crippen molar-refractivity contribution < 1.29 is 33.5 Å². The Labute approximate surface area is 154 Å². The van der Waals surface area contributed by atoms with Crippen LogP contribution in [0.5, 0.6) is 0 Å². The molecular weight excluding hydrogens is 340 g/mol. The van der Waals surface area contributed by atoms with Crippen molar-refractivity contribution in [3.05, 3.63) is 0 Å². The van der Waals surface area contributed by atoms with Crippen LogP contribution in [0, 0.1) is 23.7 Å². The summed E-state index contributed by atoms with van der Waals surface area (Å²) in [4.78, 5) is 23.5. The summed E-state index contributed by atoms with van der Waals surface area (Å²) in [6.07, 6.45) is 2.83. The zero-order valence-electron chi connectivity index (χ0n) is 16.1. The summed E-state index contributed by atoms with van der Waals surface area (Å²) in [5.74, 6) is -0.0847. The van der Waals surface area contributed by atoms with Crippen LogP contribution in [-0.4, -0.2) is 43.2 Å². The molecule has 0 amide bonds. The molecule has 8 atom stereocenters. The maximum atomic E-state index is 11.7. The molecule has 4 heterocycles. The van der Waals surface area contributed by atoms with Crippen LogP contribution in [0.25, 0.3) is 0 Å². The SMILES string of the molecule is CCOC(=O)COC1O[C@@H]2OC3(C)CCC4[C@H](C)CCC([C@H]1C)[C@]42OO3. The molecule has 2 bridgehead atoms. The standard InChI is InChI=1S/C19H30O7/c1-5-21-15(20)10-22-16-12(3)14-7-6-11(2)13-8-9-18(4)24-17(23-16)19(13,14)26-25-18/h11-14,16-17H,5-10H2,1-4H3/t11-,12-,13?,14?,16?,17-,18?,19-/m1/s1. The number of hydrogen-bond acceptors (Lipinski definition) is 7. The van der Waals surface area contributed by atoms with Crippen LogP contribution in [-0.2, 0) is 33.5 Å². The van der Waals surface area contributed by atoms with Gasteiger partial charge in [-0.15, -0.1) is 0 Å². The van der Waals surface area contributed by atoms with Gasteiger partial charge in [0.15, 0.2) is 18.2 Å². The number of carbonyl (C=O) groups excluding carboxylic acids is 1. The van der Waals surface area contributed by atoms with Crippen molar-refractivity contribution >= 4 is 5.97 Å². The number of hydrogen-bond donors (Lipinski definition) is 0. The summed E-state index contributed by atoms with van der Waals surface area (Å²) in [5.41, 5.74) is -0.600. The van der Waals surface area contributed by atoms with E-state index in [1.165, 1.54) is 0 Å². The maximum absolute atomic E-state index is 11.7. The van der Waals surface area contributed by atoms with E-state index in [4.69, 9.17) is 28.7 Å². The van der Waals surface area contributed by atoms with Gasteiger partial charge in [-0.25, -0.2) is 14.6 Å². The molecule has 1 spiro atoms. The molecule has 4 unspecified atom stereocenters. The molecule has 5 fully saturated rings. The maximum Gasteiger partial charge on any atom is 0.332 e. The molecule has 5 rings (SSSR count). The lowest BCUT2D eigenvalue weighted by Crippen LogP contribution is -2.70. The number of ether oxygens (including phenoxy) is 4. The second-order valence-electron chi connectivity index (χ2n) is 8.39. The molecular formula is C19H30O7. The fraction of sp³-hybridized carbons (Fsp3) is 0.947. The molecule has 26 heavy (non-hydrogen) atoms. The van der Waals surface area contributed by atoms with E-state index in [0.29, 0.717) is 18.4 Å². The van der Waals surface area contributed by atoms with Crippen molar-refractivity contribution in [3.8, 4) is 0 Å². The van der Waals surface area contributed by atoms with E-state index >= 15 is 0 Å². The molecule has 0 aromatic rings. The second-order valence-corrected chi connectivity index (χ2v) is 8.39. The van der Waals surface area contributed by atoms with Gasteiger partial charge in [0.1, 0.15) is 6.61 Å². The highest BCUT2D eigenvalue weighted by Gasteiger charge is 2.69. The van der Waals surface area contributed by atoms with Gasteiger partial charge < -0.3 is 18.9 Å². The van der Waals surface area contributed by atoms with Gasteiger partial charge in [0.05, 0.1) is 6.61 Å². The summed E-state index contributed by atoms with van der Waals surface area (Å²) >= 11 is 0. The molecule has 0 aromatic carbocycles. The zero-order valence-corrected chi connectivity index (χ0v) is 16.1. The summed E-state index contributed by atoms with van der Waals surface area (Å²) in [5, 5.41) is 0. The molecule has 1 aliphatic carbocycles. The number of carbonyl (C=O) groups is 1. The van der Waals surface area contributed by atoms with Gasteiger partial charge in [-0.3, -0.25) is 0 Å². The Hall–Kier alpha value is -0.730. The molecule has 0 aromatic heterocycles. The summed E-state index contributed by atoms with van der Waals surface area (Å²) in [6.45, 7) is 8.27. The van der Waals surface area contributed by atoms with Crippen LogP contribution < -0.4 is 0 Å². The third-order valence-corrected chi connectivity index (χ3v) is 6.77. The Bertz CT molecular complexity index is 554. The molecule has 148 valence electrons. The van der Waals surface area contributed by atoms with E-state index in [1.54, 1.807) is 6.92 Å². The fourth-order valence-corrected chi connectivity index (χ4v) is 5.42. The minimum Gasteiger partial charge on any atom is -0.464 e. The Morgan fingerprint density at radius 1 is 1.15 bits per heavy atom. The van der Waals surface area contributed by atoms with Crippen molar-refractivity contribution in [3.63, 3.8) is 0 Å². The number of esters is 1. The van der Waals surface area contributed by atoms with E-state index < -0.39 is 24.0 Å². The highest BCUT2D eigenvalue weighted by molar-refractivity contribution is 5.70. The number of rotatable bonds is 4. The first kappa shape index (κ1) is 18.6. The van der Waals surface area contributed by atoms with Crippen LogP contribution in [0.3, 0.4) is 0 Å². The van der Waals surface area contributed by atoms with Crippen LogP contribution >= 0.6 is 0 Å². The molecule has 0 radical (unpaired) electrons. The Morgan fingerprint density at radius 3 is 2.73 bits per heavy atom. The fourth-order valence-electron chi connectivity index (χ4n) is 5.42. The molecule has 0 N–H and O–H groups in total. The Kier molecular flexibility index (Phi) is 4.80. The first-order valence-corrected chi connectivity index (χ1v) is 9.87. The van der Waals surface area contributed by atoms with Gasteiger partial charge in [0.2, 0.25) is 5.79 Å². The minimum absolute atomic E-state index is 0.0605. The van der Waals surface area contributed by atoms with E-state index in [-0.39, 0.29) is 24.4 Å². The van der Waals surface area contributed by atoms with Gasteiger partial charge in [0, 0.05) is 18.3 Å². The highest BCUT2D eigenvalue weighted by atomic mass is 17.3. The predicted octanol–water partition coefficient (Wildman–Crippen LogP) is 2.77. The third-order valence-electron chi connectivity index (χ3n) is 6.77. The molecule has 1 saturated carbocycles. The molecule has 4 saturated heterocycles. The van der Waals surface area contributed by atoms with E-state index in [1.807, 2.05) is 6.92 Å². The Morgan fingerprint density at radius 2 is 1.96 bits per heavy atom. The summed E-state index contributed by atoms with van der Waals surface area (Å²) in [6, 6.07) is 0. The van der Waals surface area contributed by atoms with Crippen LogP contribution in [0.15, 0.2) is 0 Å². The van der Waals surface area contributed by atoms with Crippen molar-refractivity contribution in [1.82, 2.24) is 0 Å². The van der Waals surface area contributed by atoms with Crippen molar-refractivity contribution in [1.29, 1.82) is 0 Å². The van der Waals surface area contributed by atoms with Gasteiger partial charge >= 0.3 is 5.97 Å². The van der Waals surface area contributed by atoms with Crippen molar-refractivity contribution in [2.24, 2.45) is 23.7 Å². The van der Waals surface area contributed by atoms with Gasteiger partial charge in [-0.05, 0) is 44.9 Å². The second kappa shape index (κ2) is 6.71. The molecule has 7 nitrogen and oxygen atoms in total. The first-order valence-electron chi connectivity index (χ1n) is 9.87. The van der Waals surface area contributed by atoms with E-state index in [0.717, 1.165) is 25.7 Å². The molecule has 5 aliphatic rings. The third kappa shape index (κ3) is 2.79. The summed E-state index contributed by atoms with van der Waals surface area (Å²) in [7, 11) is 0. The van der Waals surface area contributed by atoms with Crippen LogP contribution in [0.4, 0.5) is 0 Å². The minimum atomic E-state index is -0.802. The average Bonchev–Trinajstić information content (AvgIpc) is 2.83. The van der Waals surface area contributed by atoms with Gasteiger partial charge in [0.25, 0.3) is 0 Å². The van der Waals surface area contributed by atoms with Crippen molar-refractivity contribution in [2.45, 2.75) is 77.3 Å². The van der Waals surface area contributed by atoms with E-state index in [2.05, 4.69) is 13.8 Å². The lowest BCUT2D eigenvalue weighted by molar-refractivity contribution is -0.577. The summed E-state index contributed by atoms with van der Waals surface area (Å²) < 4.78 is 23.2. The molecule has 7 heteroatoms. The van der Waals surface area contributed by atoms with E-state index in [9.17, 15) is 4.79 Å². The number of fused-ring (bicyclic) bond motifs is 2. The predicted molar refractivity (Wildman–Crippen MR) is 89.4 cm³/mol. The molecule has 4 aliphatic heterocycles. The van der Waals surface area contributed by atoms with Gasteiger partial charge in [-0.1, -0.05) is 13.8 Å². The zero-order chi connectivity index (χ0) is 18.5. The van der Waals surface area contributed by atoms with Crippen LogP contribution in [0.2, 0.25) is 0 Å². The topological polar surface area (TPSA) is 72.5 Å². The van der Waals surface area contributed by atoms with Crippen molar-refractivity contribution in [2.75, 3.05) is 13.2 Å². The normalized spacial score (nSPS) is 50.0. The average molecular weight is 370 g/mol. The quantitative estimate of drug-likeness (QED) is 0.556. The smallest absolute Gasteiger partial charge is 0.332 e.